The fraction of sp³-hybridized carbons (Fsp3) is 0.286. The van der Waals surface area contributed by atoms with Crippen LogP contribution < -0.4 is 5.73 Å². The lowest BCUT2D eigenvalue weighted by Crippen LogP contribution is -2.07. The zero-order valence-electron chi connectivity index (χ0n) is 11.2. The van der Waals surface area contributed by atoms with E-state index in [0.717, 1.165) is 17.7 Å². The van der Waals surface area contributed by atoms with Gasteiger partial charge in [0.2, 0.25) is 0 Å². The van der Waals surface area contributed by atoms with E-state index in [1.165, 1.54) is 6.07 Å². The van der Waals surface area contributed by atoms with Crippen LogP contribution in [0.3, 0.4) is 0 Å². The molecule has 0 bridgehead atoms. The Morgan fingerprint density at radius 2 is 1.90 bits per heavy atom. The summed E-state index contributed by atoms with van der Waals surface area (Å²) < 4.78 is 9.53. The number of phenols is 1. The number of esters is 2. The zero-order chi connectivity index (χ0) is 15.0. The highest BCUT2D eigenvalue weighted by atomic mass is 16.5. The number of nitrogens with two attached hydrogens (primary N) is 1. The lowest BCUT2D eigenvalue weighted by molar-refractivity contribution is -0.140. The summed E-state index contributed by atoms with van der Waals surface area (Å²) in [5, 5.41) is 9.26. The van der Waals surface area contributed by atoms with Crippen molar-refractivity contribution in [3.63, 3.8) is 0 Å². The number of carbonyl (C=O) groups is 2. The maximum Gasteiger partial charge on any atom is 0.331 e. The molecule has 0 radical (unpaired) electrons. The summed E-state index contributed by atoms with van der Waals surface area (Å²) in [6.45, 7) is 2.07. The summed E-state index contributed by atoms with van der Waals surface area (Å²) in [6.07, 6.45) is 2.50. The Balaban J connectivity index is 2.34. The standard InChI is InChI=1S/C14H17NO5/c1-2-19-13(17)5-6-14(18)20-8-7-10-3-4-12(16)11(15)9-10/h3-6,9,16H,2,7-8,15H2,1H3/b6-5+. The molecule has 0 aliphatic heterocycles. The first-order valence-corrected chi connectivity index (χ1v) is 6.12. The van der Waals surface area contributed by atoms with Crippen molar-refractivity contribution in [3.8, 4) is 5.75 Å². The molecule has 0 atom stereocenters. The number of carbonyl (C=O) groups excluding carboxylic acids is 2. The second kappa shape index (κ2) is 7.83. The van der Waals surface area contributed by atoms with Gasteiger partial charge in [-0.1, -0.05) is 6.07 Å². The van der Waals surface area contributed by atoms with Crippen LogP contribution in [-0.4, -0.2) is 30.3 Å². The van der Waals surface area contributed by atoms with E-state index in [1.54, 1.807) is 19.1 Å². The Morgan fingerprint density at radius 3 is 2.50 bits per heavy atom. The average molecular weight is 279 g/mol. The van der Waals surface area contributed by atoms with Gasteiger partial charge in [0, 0.05) is 18.6 Å². The molecule has 0 aliphatic carbocycles. The van der Waals surface area contributed by atoms with E-state index in [-0.39, 0.29) is 24.7 Å². The van der Waals surface area contributed by atoms with E-state index < -0.39 is 11.9 Å². The topological polar surface area (TPSA) is 98.9 Å². The van der Waals surface area contributed by atoms with E-state index in [4.69, 9.17) is 10.5 Å². The molecular weight excluding hydrogens is 262 g/mol. The number of aromatic hydroxyl groups is 1. The van der Waals surface area contributed by atoms with Crippen molar-refractivity contribution in [3.05, 3.63) is 35.9 Å². The van der Waals surface area contributed by atoms with E-state index in [9.17, 15) is 14.7 Å². The zero-order valence-corrected chi connectivity index (χ0v) is 11.2. The van der Waals surface area contributed by atoms with Gasteiger partial charge in [-0.05, 0) is 24.6 Å². The minimum atomic E-state index is -0.621. The highest BCUT2D eigenvalue weighted by Gasteiger charge is 2.02. The second-order valence-electron chi connectivity index (χ2n) is 3.90. The van der Waals surface area contributed by atoms with E-state index in [1.807, 2.05) is 0 Å². The quantitative estimate of drug-likeness (QED) is 0.351. The fourth-order valence-corrected chi connectivity index (χ4v) is 1.40. The van der Waals surface area contributed by atoms with Crippen LogP contribution in [0, 0.1) is 0 Å². The van der Waals surface area contributed by atoms with Gasteiger partial charge in [-0.2, -0.15) is 0 Å². The van der Waals surface area contributed by atoms with Crippen LogP contribution in [0.15, 0.2) is 30.4 Å². The predicted octanol–water partition coefficient (Wildman–Crippen LogP) is 1.18. The van der Waals surface area contributed by atoms with Crippen LogP contribution in [0.5, 0.6) is 5.75 Å². The van der Waals surface area contributed by atoms with Crippen molar-refractivity contribution in [1.29, 1.82) is 0 Å². The van der Waals surface area contributed by atoms with Crippen LogP contribution in [0.25, 0.3) is 0 Å². The van der Waals surface area contributed by atoms with Gasteiger partial charge in [-0.3, -0.25) is 0 Å². The van der Waals surface area contributed by atoms with E-state index in [0.29, 0.717) is 6.42 Å². The van der Waals surface area contributed by atoms with Crippen molar-refractivity contribution in [2.24, 2.45) is 0 Å². The Bertz CT molecular complexity index is 510. The van der Waals surface area contributed by atoms with Crippen LogP contribution in [0.2, 0.25) is 0 Å². The Hall–Kier alpha value is -2.50. The lowest BCUT2D eigenvalue weighted by Gasteiger charge is -2.04. The first-order valence-electron chi connectivity index (χ1n) is 6.12. The van der Waals surface area contributed by atoms with Crippen molar-refractivity contribution in [2.45, 2.75) is 13.3 Å². The summed E-state index contributed by atoms with van der Waals surface area (Å²) in [5.41, 5.74) is 6.65. The molecule has 0 saturated carbocycles. The van der Waals surface area contributed by atoms with Crippen molar-refractivity contribution < 1.29 is 24.2 Å². The number of anilines is 1. The SMILES string of the molecule is CCOC(=O)/C=C/C(=O)OCCc1ccc(O)c(N)c1. The monoisotopic (exact) mass is 279 g/mol. The first-order chi connectivity index (χ1) is 9.52. The van der Waals surface area contributed by atoms with Crippen molar-refractivity contribution >= 4 is 17.6 Å². The van der Waals surface area contributed by atoms with Gasteiger partial charge < -0.3 is 20.3 Å². The molecule has 0 spiro atoms. The largest absolute Gasteiger partial charge is 0.506 e. The molecule has 108 valence electrons. The summed E-state index contributed by atoms with van der Waals surface area (Å²) >= 11 is 0. The summed E-state index contributed by atoms with van der Waals surface area (Å²) in [7, 11) is 0. The number of benzene rings is 1. The molecule has 0 saturated heterocycles. The smallest absolute Gasteiger partial charge is 0.331 e. The Kier molecular flexibility index (Phi) is 6.09. The molecule has 0 aliphatic rings. The van der Waals surface area contributed by atoms with Crippen molar-refractivity contribution in [1.82, 2.24) is 0 Å². The predicted molar refractivity (Wildman–Crippen MR) is 73.0 cm³/mol. The highest BCUT2D eigenvalue weighted by molar-refractivity contribution is 5.91. The van der Waals surface area contributed by atoms with Gasteiger partial charge in [-0.15, -0.1) is 0 Å². The third-order valence-corrected chi connectivity index (χ3v) is 2.37. The molecule has 20 heavy (non-hydrogen) atoms. The number of phenolic OH excluding ortho intramolecular Hbond substituents is 1. The number of ether oxygens (including phenoxy) is 2. The third-order valence-electron chi connectivity index (χ3n) is 2.37. The number of rotatable bonds is 6. The van der Waals surface area contributed by atoms with Gasteiger partial charge >= 0.3 is 11.9 Å². The van der Waals surface area contributed by atoms with Crippen LogP contribution in [-0.2, 0) is 25.5 Å². The molecule has 6 nitrogen and oxygen atoms in total. The molecule has 3 N–H and O–H groups in total. The molecule has 1 aromatic rings. The normalized spacial score (nSPS) is 10.4. The van der Waals surface area contributed by atoms with E-state index in [2.05, 4.69) is 4.74 Å². The summed E-state index contributed by atoms with van der Waals surface area (Å²) in [4.78, 5) is 22.2. The van der Waals surface area contributed by atoms with Crippen LogP contribution >= 0.6 is 0 Å². The molecule has 0 fully saturated rings. The average Bonchev–Trinajstić information content (AvgIpc) is 2.41. The molecular formula is C14H17NO5. The number of hydrogen-bond acceptors (Lipinski definition) is 6. The highest BCUT2D eigenvalue weighted by Crippen LogP contribution is 2.20. The minimum Gasteiger partial charge on any atom is -0.506 e. The second-order valence-corrected chi connectivity index (χ2v) is 3.90. The molecule has 0 aromatic heterocycles. The Morgan fingerprint density at radius 1 is 1.25 bits per heavy atom. The molecule has 0 heterocycles. The molecule has 6 heteroatoms. The first kappa shape index (κ1) is 15.6. The fourth-order valence-electron chi connectivity index (χ4n) is 1.40. The maximum atomic E-state index is 11.3. The molecule has 1 aromatic carbocycles. The third kappa shape index (κ3) is 5.43. The number of hydrogen-bond donors (Lipinski definition) is 2. The van der Waals surface area contributed by atoms with Gasteiger partial charge in [0.1, 0.15) is 5.75 Å². The van der Waals surface area contributed by atoms with E-state index >= 15 is 0 Å². The minimum absolute atomic E-state index is 0.0168. The molecule has 0 unspecified atom stereocenters. The summed E-state index contributed by atoms with van der Waals surface area (Å²) in [5.74, 6) is -1.19. The van der Waals surface area contributed by atoms with Gasteiger partial charge in [0.15, 0.2) is 0 Å². The molecule has 0 amide bonds. The van der Waals surface area contributed by atoms with Crippen LogP contribution in [0.1, 0.15) is 12.5 Å². The lowest BCUT2D eigenvalue weighted by atomic mass is 10.1. The maximum absolute atomic E-state index is 11.3. The Labute approximate surface area is 116 Å². The number of nitrogen functional groups attached to an aromatic ring is 1. The van der Waals surface area contributed by atoms with Gasteiger partial charge in [0.25, 0.3) is 0 Å². The van der Waals surface area contributed by atoms with Gasteiger partial charge in [0.05, 0.1) is 18.9 Å². The summed E-state index contributed by atoms with van der Waals surface area (Å²) in [6, 6.07) is 4.78. The molecule has 1 rings (SSSR count). The van der Waals surface area contributed by atoms with Crippen molar-refractivity contribution in [2.75, 3.05) is 18.9 Å². The van der Waals surface area contributed by atoms with Crippen LogP contribution in [0.4, 0.5) is 5.69 Å². The van der Waals surface area contributed by atoms with Gasteiger partial charge in [-0.25, -0.2) is 9.59 Å².